The van der Waals surface area contributed by atoms with Crippen LogP contribution in [0.1, 0.15) is 13.3 Å². The first kappa shape index (κ1) is 14.2. The number of morpholine rings is 1. The fraction of sp³-hybridized carbons (Fsp3) is 0.750. The molecule has 1 fully saturated rings. The molecule has 0 saturated carbocycles. The van der Waals surface area contributed by atoms with E-state index >= 15 is 0 Å². The van der Waals surface area contributed by atoms with E-state index in [9.17, 15) is 9.90 Å². The largest absolute Gasteiger partial charge is 0.386 e. The fourth-order valence-electron chi connectivity index (χ4n) is 1.64. The molecule has 1 heterocycles. The van der Waals surface area contributed by atoms with Crippen LogP contribution in [0.15, 0.2) is 12.7 Å². The van der Waals surface area contributed by atoms with E-state index in [4.69, 9.17) is 4.74 Å². The average Bonchev–Trinajstić information content (AvgIpc) is 2.30. The van der Waals surface area contributed by atoms with Gasteiger partial charge < -0.3 is 15.2 Å². The van der Waals surface area contributed by atoms with Gasteiger partial charge in [-0.25, -0.2) is 0 Å². The highest BCUT2D eigenvalue weighted by Gasteiger charge is 2.20. The topological polar surface area (TPSA) is 61.8 Å². The number of carbonyl (C=O) groups is 1. The highest BCUT2D eigenvalue weighted by Crippen LogP contribution is 2.09. The van der Waals surface area contributed by atoms with Crippen LogP contribution in [-0.4, -0.2) is 60.9 Å². The first-order valence-electron chi connectivity index (χ1n) is 5.96. The summed E-state index contributed by atoms with van der Waals surface area (Å²) in [6, 6.07) is 0. The SMILES string of the molecule is C=C[C@@](C)(O)CC(=O)NCCN1CCOCC1. The van der Waals surface area contributed by atoms with Crippen LogP contribution in [0.2, 0.25) is 0 Å². The van der Waals surface area contributed by atoms with Crippen LogP contribution in [0.5, 0.6) is 0 Å². The Hall–Kier alpha value is -0.910. The molecule has 0 aromatic rings. The van der Waals surface area contributed by atoms with Gasteiger partial charge >= 0.3 is 0 Å². The van der Waals surface area contributed by atoms with Gasteiger partial charge in [0.1, 0.15) is 0 Å². The minimum atomic E-state index is -1.12. The van der Waals surface area contributed by atoms with Crippen LogP contribution in [0.4, 0.5) is 0 Å². The lowest BCUT2D eigenvalue weighted by Gasteiger charge is -2.26. The van der Waals surface area contributed by atoms with Gasteiger partial charge in [-0.15, -0.1) is 6.58 Å². The highest BCUT2D eigenvalue weighted by molar-refractivity contribution is 5.77. The molecule has 0 aliphatic carbocycles. The van der Waals surface area contributed by atoms with E-state index < -0.39 is 5.60 Å². The maximum atomic E-state index is 11.5. The van der Waals surface area contributed by atoms with Gasteiger partial charge in [-0.1, -0.05) is 6.08 Å². The summed E-state index contributed by atoms with van der Waals surface area (Å²) in [6.07, 6.45) is 1.44. The molecule has 0 unspecified atom stereocenters. The molecule has 1 saturated heterocycles. The molecule has 0 aromatic carbocycles. The van der Waals surface area contributed by atoms with Gasteiger partial charge in [-0.2, -0.15) is 0 Å². The molecule has 1 amide bonds. The second-order valence-electron chi connectivity index (χ2n) is 4.54. The standard InChI is InChI=1S/C12H22N2O3/c1-3-12(2,16)10-11(15)13-4-5-14-6-8-17-9-7-14/h3,16H,1,4-10H2,2H3,(H,13,15)/t12-/m1/s1. The van der Waals surface area contributed by atoms with Gasteiger partial charge in [-0.05, 0) is 6.92 Å². The number of amides is 1. The van der Waals surface area contributed by atoms with Crippen LogP contribution in [0.3, 0.4) is 0 Å². The van der Waals surface area contributed by atoms with Crippen molar-refractivity contribution in [2.45, 2.75) is 18.9 Å². The summed E-state index contributed by atoms with van der Waals surface area (Å²) in [6.45, 7) is 9.85. The Morgan fingerprint density at radius 2 is 2.24 bits per heavy atom. The van der Waals surface area contributed by atoms with E-state index in [2.05, 4.69) is 16.8 Å². The Morgan fingerprint density at radius 1 is 1.59 bits per heavy atom. The lowest BCUT2D eigenvalue weighted by molar-refractivity contribution is -0.124. The second-order valence-corrected chi connectivity index (χ2v) is 4.54. The van der Waals surface area contributed by atoms with E-state index in [1.54, 1.807) is 6.92 Å². The number of rotatable bonds is 6. The van der Waals surface area contributed by atoms with Gasteiger partial charge in [0.25, 0.3) is 0 Å². The molecular formula is C12H22N2O3. The maximum Gasteiger partial charge on any atom is 0.223 e. The molecule has 2 N–H and O–H groups in total. The van der Waals surface area contributed by atoms with Gasteiger partial charge in [0.15, 0.2) is 0 Å². The molecule has 0 spiro atoms. The summed E-state index contributed by atoms with van der Waals surface area (Å²) in [5.74, 6) is -0.150. The van der Waals surface area contributed by atoms with E-state index in [0.717, 1.165) is 32.8 Å². The zero-order valence-corrected chi connectivity index (χ0v) is 10.4. The number of hydrogen-bond donors (Lipinski definition) is 2. The Labute approximate surface area is 102 Å². The number of nitrogens with zero attached hydrogens (tertiary/aromatic N) is 1. The summed E-state index contributed by atoms with van der Waals surface area (Å²) >= 11 is 0. The number of nitrogens with one attached hydrogen (secondary N) is 1. The Kier molecular flexibility index (Phi) is 5.61. The van der Waals surface area contributed by atoms with Crippen LogP contribution in [0, 0.1) is 0 Å². The summed E-state index contributed by atoms with van der Waals surface area (Å²) in [7, 11) is 0. The van der Waals surface area contributed by atoms with Gasteiger partial charge in [0, 0.05) is 26.2 Å². The van der Waals surface area contributed by atoms with Gasteiger partial charge in [0.2, 0.25) is 5.91 Å². The van der Waals surface area contributed by atoms with Crippen LogP contribution < -0.4 is 5.32 Å². The smallest absolute Gasteiger partial charge is 0.223 e. The van der Waals surface area contributed by atoms with Crippen molar-refractivity contribution in [3.63, 3.8) is 0 Å². The third-order valence-corrected chi connectivity index (χ3v) is 2.81. The van der Waals surface area contributed by atoms with Crippen molar-refractivity contribution in [3.05, 3.63) is 12.7 Å². The second kappa shape index (κ2) is 6.74. The predicted octanol–water partition coefficient (Wildman–Crippen LogP) is -0.238. The zero-order chi connectivity index (χ0) is 12.7. The summed E-state index contributed by atoms with van der Waals surface area (Å²) in [5, 5.41) is 12.4. The van der Waals surface area contributed by atoms with Crippen molar-refractivity contribution in [3.8, 4) is 0 Å². The van der Waals surface area contributed by atoms with Crippen molar-refractivity contribution in [1.82, 2.24) is 10.2 Å². The Bertz CT molecular complexity index is 260. The average molecular weight is 242 g/mol. The third-order valence-electron chi connectivity index (χ3n) is 2.81. The Balaban J connectivity index is 2.13. The molecule has 1 atom stereocenters. The number of aliphatic hydroxyl groups is 1. The lowest BCUT2D eigenvalue weighted by Crippen LogP contribution is -2.42. The molecular weight excluding hydrogens is 220 g/mol. The molecule has 1 aliphatic heterocycles. The predicted molar refractivity (Wildman–Crippen MR) is 65.7 cm³/mol. The lowest BCUT2D eigenvalue weighted by atomic mass is 10.0. The first-order valence-corrected chi connectivity index (χ1v) is 5.96. The highest BCUT2D eigenvalue weighted by atomic mass is 16.5. The van der Waals surface area contributed by atoms with Crippen LogP contribution >= 0.6 is 0 Å². The molecule has 5 heteroatoms. The Morgan fingerprint density at radius 3 is 2.82 bits per heavy atom. The minimum Gasteiger partial charge on any atom is -0.386 e. The molecule has 1 aliphatic rings. The number of carbonyl (C=O) groups excluding carboxylic acids is 1. The molecule has 1 rings (SSSR count). The van der Waals surface area contributed by atoms with Crippen molar-refractivity contribution in [2.75, 3.05) is 39.4 Å². The molecule has 17 heavy (non-hydrogen) atoms. The van der Waals surface area contributed by atoms with E-state index in [1.165, 1.54) is 6.08 Å². The first-order chi connectivity index (χ1) is 8.03. The van der Waals surface area contributed by atoms with Gasteiger partial charge in [-0.3, -0.25) is 9.69 Å². The number of ether oxygens (including phenoxy) is 1. The van der Waals surface area contributed by atoms with Crippen molar-refractivity contribution < 1.29 is 14.6 Å². The van der Waals surface area contributed by atoms with Crippen molar-refractivity contribution in [1.29, 1.82) is 0 Å². The molecule has 0 radical (unpaired) electrons. The quantitative estimate of drug-likeness (QED) is 0.631. The van der Waals surface area contributed by atoms with Crippen molar-refractivity contribution >= 4 is 5.91 Å². The van der Waals surface area contributed by atoms with E-state index in [1.807, 2.05) is 0 Å². The summed E-state index contributed by atoms with van der Waals surface area (Å²) < 4.78 is 5.23. The van der Waals surface area contributed by atoms with Crippen molar-refractivity contribution in [2.24, 2.45) is 0 Å². The van der Waals surface area contributed by atoms with Gasteiger partial charge in [0.05, 0.1) is 25.2 Å². The minimum absolute atomic E-state index is 0.0552. The summed E-state index contributed by atoms with van der Waals surface area (Å²) in [5.41, 5.74) is -1.12. The molecule has 5 nitrogen and oxygen atoms in total. The zero-order valence-electron chi connectivity index (χ0n) is 10.4. The molecule has 0 aromatic heterocycles. The third kappa shape index (κ3) is 5.81. The summed E-state index contributed by atoms with van der Waals surface area (Å²) in [4.78, 5) is 13.7. The van der Waals surface area contributed by atoms with Crippen LogP contribution in [-0.2, 0) is 9.53 Å². The normalized spacial score (nSPS) is 20.6. The maximum absolute atomic E-state index is 11.5. The number of hydrogen-bond acceptors (Lipinski definition) is 4. The molecule has 0 bridgehead atoms. The van der Waals surface area contributed by atoms with Crippen LogP contribution in [0.25, 0.3) is 0 Å². The monoisotopic (exact) mass is 242 g/mol. The molecule has 98 valence electrons. The van der Waals surface area contributed by atoms with E-state index in [-0.39, 0.29) is 12.3 Å². The fourth-order valence-corrected chi connectivity index (χ4v) is 1.64. The van der Waals surface area contributed by atoms with E-state index in [0.29, 0.717) is 6.54 Å².